The van der Waals surface area contributed by atoms with Crippen molar-refractivity contribution in [2.24, 2.45) is 0 Å². The summed E-state index contributed by atoms with van der Waals surface area (Å²) in [6.45, 7) is 2.15. The average molecular weight is 378 g/mol. The van der Waals surface area contributed by atoms with Gasteiger partial charge < -0.3 is 10.2 Å². The molecule has 0 amide bonds. The van der Waals surface area contributed by atoms with E-state index < -0.39 is 9.84 Å². The summed E-state index contributed by atoms with van der Waals surface area (Å²) >= 11 is 0. The molecule has 2 heterocycles. The number of aromatic nitrogens is 2. The highest BCUT2D eigenvalue weighted by Gasteiger charge is 2.25. The Balaban J connectivity index is 1.91. The molecule has 1 fully saturated rings. The van der Waals surface area contributed by atoms with Crippen molar-refractivity contribution < 1.29 is 12.8 Å². The third kappa shape index (κ3) is 4.37. The zero-order chi connectivity index (χ0) is 18.7. The molecule has 1 atom stereocenters. The van der Waals surface area contributed by atoms with Gasteiger partial charge in [-0.05, 0) is 37.1 Å². The van der Waals surface area contributed by atoms with E-state index in [1.807, 2.05) is 11.9 Å². The second-order valence-electron chi connectivity index (χ2n) is 6.72. The van der Waals surface area contributed by atoms with Crippen molar-refractivity contribution in [3.05, 3.63) is 47.5 Å². The molecule has 0 saturated carbocycles. The lowest BCUT2D eigenvalue weighted by Gasteiger charge is -2.25. The number of benzene rings is 1. The van der Waals surface area contributed by atoms with Crippen molar-refractivity contribution in [1.82, 2.24) is 15.3 Å². The number of hydrogen-bond donors (Lipinski definition) is 1. The van der Waals surface area contributed by atoms with E-state index >= 15 is 0 Å². The van der Waals surface area contributed by atoms with Crippen LogP contribution < -0.4 is 10.2 Å². The minimum absolute atomic E-state index is 0.0504. The Morgan fingerprint density at radius 2 is 2.04 bits per heavy atom. The van der Waals surface area contributed by atoms with E-state index in [-0.39, 0.29) is 16.6 Å². The molecule has 1 aliphatic rings. The molecule has 3 rings (SSSR count). The molecule has 1 aromatic carbocycles. The van der Waals surface area contributed by atoms with Gasteiger partial charge in [0.1, 0.15) is 10.7 Å². The highest BCUT2D eigenvalue weighted by Crippen LogP contribution is 2.28. The van der Waals surface area contributed by atoms with Crippen LogP contribution in [0.4, 0.5) is 10.3 Å². The predicted octanol–water partition coefficient (Wildman–Crippen LogP) is 2.12. The molecule has 140 valence electrons. The fourth-order valence-corrected chi connectivity index (χ4v) is 3.99. The second-order valence-corrected chi connectivity index (χ2v) is 8.70. The van der Waals surface area contributed by atoms with Gasteiger partial charge in [0.15, 0.2) is 9.84 Å². The predicted molar refractivity (Wildman–Crippen MR) is 98.5 cm³/mol. The molecule has 0 aliphatic carbocycles. The molecule has 0 unspecified atom stereocenters. The Kier molecular flexibility index (Phi) is 5.52. The first kappa shape index (κ1) is 18.7. The van der Waals surface area contributed by atoms with E-state index in [2.05, 4.69) is 15.3 Å². The number of nitrogens with zero attached hydrogens (tertiary/aromatic N) is 3. The van der Waals surface area contributed by atoms with E-state index in [0.717, 1.165) is 24.9 Å². The minimum atomic E-state index is -3.40. The number of nitrogens with one attached hydrogen (secondary N) is 1. The summed E-state index contributed by atoms with van der Waals surface area (Å²) in [6, 6.07) is 6.25. The monoisotopic (exact) mass is 378 g/mol. The van der Waals surface area contributed by atoms with E-state index in [1.54, 1.807) is 12.1 Å². The molecule has 6 nitrogen and oxygen atoms in total. The summed E-state index contributed by atoms with van der Waals surface area (Å²) in [5.41, 5.74) is 1.50. The van der Waals surface area contributed by atoms with Crippen LogP contribution in [0, 0.1) is 5.82 Å². The number of anilines is 1. The van der Waals surface area contributed by atoms with E-state index in [0.29, 0.717) is 24.7 Å². The van der Waals surface area contributed by atoms with Gasteiger partial charge >= 0.3 is 0 Å². The molecule has 0 bridgehead atoms. The molecule has 8 heteroatoms. The summed E-state index contributed by atoms with van der Waals surface area (Å²) in [6.07, 6.45) is 4.47. The molecule has 0 spiro atoms. The summed E-state index contributed by atoms with van der Waals surface area (Å²) in [5, 5.41) is 3.30. The fourth-order valence-electron chi connectivity index (χ4n) is 3.16. The maximum atomic E-state index is 13.1. The van der Waals surface area contributed by atoms with Crippen LogP contribution in [0.2, 0.25) is 0 Å². The number of halogens is 1. The molecule has 1 saturated heterocycles. The quantitative estimate of drug-likeness (QED) is 0.859. The van der Waals surface area contributed by atoms with Crippen LogP contribution in [0.1, 0.15) is 30.0 Å². The zero-order valence-electron chi connectivity index (χ0n) is 14.9. The smallest absolute Gasteiger partial charge is 0.225 e. The molecule has 1 aliphatic heterocycles. The van der Waals surface area contributed by atoms with Crippen molar-refractivity contribution in [2.75, 3.05) is 31.3 Å². The first-order valence-corrected chi connectivity index (χ1v) is 10.5. The lowest BCUT2D eigenvalue weighted by atomic mass is 9.96. The normalized spacial score (nSPS) is 17.9. The third-order valence-electron chi connectivity index (χ3n) is 4.53. The van der Waals surface area contributed by atoms with Gasteiger partial charge in [-0.3, -0.25) is 0 Å². The largest absolute Gasteiger partial charge is 0.340 e. The molecule has 2 aromatic rings. The highest BCUT2D eigenvalue weighted by molar-refractivity contribution is 7.90. The standard InChI is InChI=1S/C18H23FN4O2S/c1-23(12-13-5-7-15(19)8-6-13)18-21-11-16(26(2,24)25)17(22-18)14-4-3-9-20-10-14/h5-8,11,14,20H,3-4,9-10,12H2,1-2H3/t14-/m0/s1. The summed E-state index contributed by atoms with van der Waals surface area (Å²) in [5.74, 6) is 0.231. The van der Waals surface area contributed by atoms with Gasteiger partial charge in [-0.1, -0.05) is 12.1 Å². The maximum absolute atomic E-state index is 13.1. The molecule has 1 N–H and O–H groups in total. The van der Waals surface area contributed by atoms with Gasteiger partial charge in [0, 0.05) is 32.3 Å². The number of rotatable bonds is 5. The van der Waals surface area contributed by atoms with Gasteiger partial charge in [0.2, 0.25) is 5.95 Å². The summed E-state index contributed by atoms with van der Waals surface area (Å²) in [7, 11) is -1.57. The number of hydrogen-bond acceptors (Lipinski definition) is 6. The van der Waals surface area contributed by atoms with E-state index in [1.165, 1.54) is 24.6 Å². The van der Waals surface area contributed by atoms with Gasteiger partial charge in [0.05, 0.1) is 11.9 Å². The Hall–Kier alpha value is -2.06. The van der Waals surface area contributed by atoms with Crippen LogP contribution in [0.25, 0.3) is 0 Å². The van der Waals surface area contributed by atoms with Crippen molar-refractivity contribution in [3.63, 3.8) is 0 Å². The average Bonchev–Trinajstić information content (AvgIpc) is 2.63. The summed E-state index contributed by atoms with van der Waals surface area (Å²) < 4.78 is 37.4. The highest BCUT2D eigenvalue weighted by atomic mass is 32.2. The minimum Gasteiger partial charge on any atom is -0.340 e. The van der Waals surface area contributed by atoms with Crippen LogP contribution in [0.5, 0.6) is 0 Å². The Labute approximate surface area is 153 Å². The Morgan fingerprint density at radius 1 is 1.31 bits per heavy atom. The van der Waals surface area contributed by atoms with Crippen LogP contribution in [-0.2, 0) is 16.4 Å². The van der Waals surface area contributed by atoms with Gasteiger partial charge in [-0.2, -0.15) is 0 Å². The Morgan fingerprint density at radius 3 is 2.65 bits per heavy atom. The lowest BCUT2D eigenvalue weighted by molar-refractivity contribution is 0.447. The molecule has 0 radical (unpaired) electrons. The van der Waals surface area contributed by atoms with Gasteiger partial charge in [0.25, 0.3) is 0 Å². The fraction of sp³-hybridized carbons (Fsp3) is 0.444. The van der Waals surface area contributed by atoms with Gasteiger partial charge in [-0.15, -0.1) is 0 Å². The third-order valence-corrected chi connectivity index (χ3v) is 5.64. The van der Waals surface area contributed by atoms with E-state index in [9.17, 15) is 12.8 Å². The SMILES string of the molecule is CN(Cc1ccc(F)cc1)c1ncc(S(C)(=O)=O)c([C@H]2CCCNC2)n1. The first-order chi connectivity index (χ1) is 12.3. The zero-order valence-corrected chi connectivity index (χ0v) is 15.8. The number of sulfone groups is 1. The van der Waals surface area contributed by atoms with Gasteiger partial charge in [-0.25, -0.2) is 22.8 Å². The molecular weight excluding hydrogens is 355 g/mol. The molecule has 1 aromatic heterocycles. The van der Waals surface area contributed by atoms with E-state index in [4.69, 9.17) is 0 Å². The number of piperidine rings is 1. The van der Waals surface area contributed by atoms with Crippen LogP contribution >= 0.6 is 0 Å². The topological polar surface area (TPSA) is 75.2 Å². The van der Waals surface area contributed by atoms with Crippen LogP contribution in [0.3, 0.4) is 0 Å². The lowest BCUT2D eigenvalue weighted by Crippen LogP contribution is -2.30. The van der Waals surface area contributed by atoms with Crippen molar-refractivity contribution in [1.29, 1.82) is 0 Å². The van der Waals surface area contributed by atoms with Crippen molar-refractivity contribution in [3.8, 4) is 0 Å². The molecular formula is C18H23FN4O2S. The molecule has 26 heavy (non-hydrogen) atoms. The second kappa shape index (κ2) is 7.67. The van der Waals surface area contributed by atoms with Crippen LogP contribution in [-0.4, -0.2) is 44.8 Å². The summed E-state index contributed by atoms with van der Waals surface area (Å²) in [4.78, 5) is 10.9. The Bertz CT molecular complexity index is 865. The first-order valence-electron chi connectivity index (χ1n) is 8.58. The van der Waals surface area contributed by atoms with Crippen LogP contribution in [0.15, 0.2) is 35.4 Å². The maximum Gasteiger partial charge on any atom is 0.225 e. The van der Waals surface area contributed by atoms with Crippen molar-refractivity contribution in [2.45, 2.75) is 30.2 Å². The van der Waals surface area contributed by atoms with Crippen molar-refractivity contribution >= 4 is 15.8 Å².